The van der Waals surface area contributed by atoms with E-state index in [0.717, 1.165) is 12.1 Å². The highest BCUT2D eigenvalue weighted by Gasteiger charge is 2.13. The van der Waals surface area contributed by atoms with Gasteiger partial charge in [0.25, 0.3) is 0 Å². The van der Waals surface area contributed by atoms with Gasteiger partial charge in [0.15, 0.2) is 11.6 Å². The van der Waals surface area contributed by atoms with Crippen LogP contribution in [0.4, 0.5) is 8.78 Å². The van der Waals surface area contributed by atoms with Crippen LogP contribution in [0.15, 0.2) is 18.2 Å². The smallest absolute Gasteiger partial charge is 0.211 e. The molecule has 0 aromatic heterocycles. The van der Waals surface area contributed by atoms with Crippen molar-refractivity contribution < 1.29 is 17.2 Å². The van der Waals surface area contributed by atoms with Crippen LogP contribution in [0.25, 0.3) is 0 Å². The number of benzene rings is 1. The van der Waals surface area contributed by atoms with Gasteiger partial charge in [0.2, 0.25) is 10.0 Å². The third-order valence-corrected chi connectivity index (χ3v) is 4.15. The van der Waals surface area contributed by atoms with Crippen LogP contribution in [0.3, 0.4) is 0 Å². The number of nitrogens with one attached hydrogen (secondary N) is 1. The molecule has 0 aliphatic heterocycles. The Labute approximate surface area is 106 Å². The van der Waals surface area contributed by atoms with Crippen LogP contribution < -0.4 is 4.72 Å². The normalized spacial score (nSPS) is 13.6. The monoisotopic (exact) mass is 277 g/mol. The number of halogens is 2. The van der Waals surface area contributed by atoms with E-state index in [1.807, 2.05) is 0 Å². The Morgan fingerprint density at radius 1 is 1.28 bits per heavy atom. The molecular formula is C12H17F2NO2S. The van der Waals surface area contributed by atoms with Gasteiger partial charge in [0, 0.05) is 6.54 Å². The predicted molar refractivity (Wildman–Crippen MR) is 66.9 cm³/mol. The van der Waals surface area contributed by atoms with Gasteiger partial charge < -0.3 is 0 Å². The molecule has 0 amide bonds. The Kier molecular flexibility index (Phi) is 5.22. The van der Waals surface area contributed by atoms with Crippen molar-refractivity contribution in [3.63, 3.8) is 0 Å². The van der Waals surface area contributed by atoms with Crippen LogP contribution in [-0.2, 0) is 10.0 Å². The van der Waals surface area contributed by atoms with Crippen molar-refractivity contribution in [2.75, 3.05) is 12.3 Å². The van der Waals surface area contributed by atoms with Gasteiger partial charge in [-0.25, -0.2) is 21.9 Å². The number of rotatable bonds is 6. The third kappa shape index (κ3) is 4.34. The van der Waals surface area contributed by atoms with Gasteiger partial charge in [-0.1, -0.05) is 19.9 Å². The molecule has 0 aliphatic rings. The first-order valence-electron chi connectivity index (χ1n) is 5.78. The summed E-state index contributed by atoms with van der Waals surface area (Å²) >= 11 is 0. The molecule has 0 aliphatic carbocycles. The van der Waals surface area contributed by atoms with E-state index in [1.54, 1.807) is 13.8 Å². The van der Waals surface area contributed by atoms with Crippen molar-refractivity contribution >= 4 is 10.0 Å². The molecule has 102 valence electrons. The van der Waals surface area contributed by atoms with Crippen molar-refractivity contribution in [3.05, 3.63) is 35.4 Å². The third-order valence-electron chi connectivity index (χ3n) is 2.59. The number of hydrogen-bond donors (Lipinski definition) is 1. The minimum absolute atomic E-state index is 0.0670. The molecule has 0 radical (unpaired) electrons. The van der Waals surface area contributed by atoms with Gasteiger partial charge in [0.1, 0.15) is 0 Å². The van der Waals surface area contributed by atoms with Crippen LogP contribution >= 0.6 is 0 Å². The fraction of sp³-hybridized carbons (Fsp3) is 0.500. The number of sulfonamides is 1. The summed E-state index contributed by atoms with van der Waals surface area (Å²) in [6, 6.07) is 3.59. The zero-order chi connectivity index (χ0) is 13.8. The lowest BCUT2D eigenvalue weighted by Gasteiger charge is -2.13. The molecule has 3 nitrogen and oxygen atoms in total. The molecule has 0 unspecified atom stereocenters. The van der Waals surface area contributed by atoms with Crippen molar-refractivity contribution in [3.8, 4) is 0 Å². The summed E-state index contributed by atoms with van der Waals surface area (Å²) < 4.78 is 51.1. The first-order valence-corrected chi connectivity index (χ1v) is 7.43. The zero-order valence-electron chi connectivity index (χ0n) is 10.4. The number of hydrogen-bond acceptors (Lipinski definition) is 2. The molecule has 0 fully saturated rings. The maximum Gasteiger partial charge on any atom is 0.211 e. The predicted octanol–water partition coefficient (Wildman–Crippen LogP) is 2.40. The second kappa shape index (κ2) is 6.24. The van der Waals surface area contributed by atoms with Crippen molar-refractivity contribution in [2.45, 2.75) is 26.2 Å². The van der Waals surface area contributed by atoms with E-state index in [4.69, 9.17) is 0 Å². The molecule has 18 heavy (non-hydrogen) atoms. The first-order chi connectivity index (χ1) is 8.35. The molecule has 1 rings (SSSR count). The Morgan fingerprint density at radius 2 is 1.94 bits per heavy atom. The van der Waals surface area contributed by atoms with Gasteiger partial charge in [-0.3, -0.25) is 0 Å². The van der Waals surface area contributed by atoms with Crippen molar-refractivity contribution in [2.24, 2.45) is 0 Å². The van der Waals surface area contributed by atoms with E-state index in [9.17, 15) is 17.2 Å². The fourth-order valence-corrected chi connectivity index (χ4v) is 2.72. The van der Waals surface area contributed by atoms with Crippen molar-refractivity contribution in [1.29, 1.82) is 0 Å². The summed E-state index contributed by atoms with van der Waals surface area (Å²) in [6.07, 6.45) is 0.537. The fourth-order valence-electron chi connectivity index (χ4n) is 1.53. The van der Waals surface area contributed by atoms with Crippen LogP contribution in [0, 0.1) is 11.6 Å². The molecule has 1 aromatic rings. The SMILES string of the molecule is CCCS(=O)(=O)NC[C@H](C)c1ccc(F)c(F)c1. The zero-order valence-corrected chi connectivity index (χ0v) is 11.2. The van der Waals surface area contributed by atoms with Gasteiger partial charge in [-0.2, -0.15) is 0 Å². The van der Waals surface area contributed by atoms with Crippen LogP contribution in [-0.4, -0.2) is 20.7 Å². The molecule has 1 aromatic carbocycles. The van der Waals surface area contributed by atoms with Gasteiger partial charge >= 0.3 is 0 Å². The molecule has 0 spiro atoms. The van der Waals surface area contributed by atoms with E-state index in [-0.39, 0.29) is 18.2 Å². The summed E-state index contributed by atoms with van der Waals surface area (Å²) in [6.45, 7) is 3.70. The largest absolute Gasteiger partial charge is 0.215 e. The minimum Gasteiger partial charge on any atom is -0.215 e. The standard InChI is InChI=1S/C12H17F2NO2S/c1-3-6-18(16,17)15-8-9(2)10-4-5-11(13)12(14)7-10/h4-5,7,9,15H,3,6,8H2,1-2H3/t9-/m0/s1. The molecule has 0 saturated carbocycles. The highest BCUT2D eigenvalue weighted by molar-refractivity contribution is 7.89. The molecule has 0 bridgehead atoms. The average molecular weight is 277 g/mol. The Hall–Kier alpha value is -1.01. The highest BCUT2D eigenvalue weighted by Crippen LogP contribution is 2.17. The second-order valence-corrected chi connectivity index (χ2v) is 6.17. The lowest BCUT2D eigenvalue weighted by Crippen LogP contribution is -2.29. The minimum atomic E-state index is -3.27. The summed E-state index contributed by atoms with van der Waals surface area (Å²) in [5.74, 6) is -1.97. The molecule has 0 saturated heterocycles. The molecular weight excluding hydrogens is 260 g/mol. The Morgan fingerprint density at radius 3 is 2.50 bits per heavy atom. The summed E-state index contributed by atoms with van der Waals surface area (Å²) in [5, 5.41) is 0. The quantitative estimate of drug-likeness (QED) is 0.868. The molecule has 1 atom stereocenters. The van der Waals surface area contributed by atoms with E-state index >= 15 is 0 Å². The van der Waals surface area contributed by atoms with E-state index in [0.29, 0.717) is 12.0 Å². The first kappa shape index (κ1) is 15.0. The van der Waals surface area contributed by atoms with Crippen LogP contribution in [0.2, 0.25) is 0 Å². The van der Waals surface area contributed by atoms with Gasteiger partial charge in [-0.15, -0.1) is 0 Å². The molecule has 6 heteroatoms. The Balaban J connectivity index is 2.65. The van der Waals surface area contributed by atoms with E-state index in [2.05, 4.69) is 4.72 Å². The summed E-state index contributed by atoms with van der Waals surface area (Å²) in [5.41, 5.74) is 0.563. The lowest BCUT2D eigenvalue weighted by molar-refractivity contribution is 0.505. The van der Waals surface area contributed by atoms with Crippen LogP contribution in [0.1, 0.15) is 31.7 Å². The van der Waals surface area contributed by atoms with Gasteiger partial charge in [0.05, 0.1) is 5.75 Å². The molecule has 0 heterocycles. The lowest BCUT2D eigenvalue weighted by atomic mass is 10.0. The molecule has 1 N–H and O–H groups in total. The maximum absolute atomic E-state index is 13.0. The highest BCUT2D eigenvalue weighted by atomic mass is 32.2. The summed E-state index contributed by atoms with van der Waals surface area (Å²) in [7, 11) is -3.27. The van der Waals surface area contributed by atoms with Gasteiger partial charge in [-0.05, 0) is 30.0 Å². The topological polar surface area (TPSA) is 46.2 Å². The average Bonchev–Trinajstić information content (AvgIpc) is 2.30. The van der Waals surface area contributed by atoms with Crippen LogP contribution in [0.5, 0.6) is 0 Å². The van der Waals surface area contributed by atoms with E-state index < -0.39 is 21.7 Å². The van der Waals surface area contributed by atoms with E-state index in [1.165, 1.54) is 6.07 Å². The maximum atomic E-state index is 13.0. The Bertz CT molecular complexity index is 503. The van der Waals surface area contributed by atoms with Crippen molar-refractivity contribution in [1.82, 2.24) is 4.72 Å². The second-order valence-electron chi connectivity index (χ2n) is 4.24. The summed E-state index contributed by atoms with van der Waals surface area (Å²) in [4.78, 5) is 0.